The third kappa shape index (κ3) is 9.18. The fourth-order valence-electron chi connectivity index (χ4n) is 8.69. The Morgan fingerprint density at radius 1 is 0.908 bits per heavy atom. The van der Waals surface area contributed by atoms with E-state index in [9.17, 15) is 38.0 Å². The van der Waals surface area contributed by atoms with Gasteiger partial charge >= 0.3 is 0 Å². The third-order valence-electron chi connectivity index (χ3n) is 11.8. The van der Waals surface area contributed by atoms with Crippen molar-refractivity contribution in [3.8, 4) is 5.75 Å². The molecule has 4 aliphatic heterocycles. The lowest BCUT2D eigenvalue weighted by molar-refractivity contribution is -0.139. The van der Waals surface area contributed by atoms with Crippen LogP contribution in [0.1, 0.15) is 112 Å². The van der Waals surface area contributed by atoms with Gasteiger partial charge in [-0.3, -0.25) is 43.8 Å². The predicted molar refractivity (Wildman–Crippen MR) is 236 cm³/mol. The molecule has 0 spiro atoms. The van der Waals surface area contributed by atoms with Gasteiger partial charge in [-0.1, -0.05) is 42.1 Å². The summed E-state index contributed by atoms with van der Waals surface area (Å²) in [7, 11) is 0. The zero-order chi connectivity index (χ0) is 46.1. The average Bonchev–Trinajstić information content (AvgIpc) is 3.81. The maximum absolute atomic E-state index is 14.1. The van der Waals surface area contributed by atoms with Crippen LogP contribution in [0.25, 0.3) is 0 Å². The molecular weight excluding hydrogens is 884 g/mol. The van der Waals surface area contributed by atoms with E-state index in [-0.39, 0.29) is 80.7 Å². The quantitative estimate of drug-likeness (QED) is 0.0671. The Balaban J connectivity index is 0.761. The molecule has 2 fully saturated rings. The molecule has 3 aromatic carbocycles. The molecule has 8 rings (SSSR count). The number of anilines is 3. The first-order valence-electron chi connectivity index (χ1n) is 21.2. The largest absolute Gasteiger partial charge is 0.462 e. The Labute approximate surface area is 382 Å². The molecule has 0 saturated carbocycles. The van der Waals surface area contributed by atoms with Gasteiger partial charge in [0.2, 0.25) is 23.9 Å². The van der Waals surface area contributed by atoms with E-state index >= 15 is 0 Å². The second-order valence-electron chi connectivity index (χ2n) is 16.3. The van der Waals surface area contributed by atoms with Gasteiger partial charge in [0.15, 0.2) is 17.3 Å². The first kappa shape index (κ1) is 44.9. The normalized spacial score (nSPS) is 20.2. The Morgan fingerprint density at radius 3 is 2.38 bits per heavy atom. The Hall–Kier alpha value is -6.66. The second kappa shape index (κ2) is 18.8. The lowest BCUT2D eigenvalue weighted by atomic mass is 10.0. The van der Waals surface area contributed by atoms with Crippen molar-refractivity contribution in [3.05, 3.63) is 104 Å². The number of halogens is 3. The maximum Gasteiger partial charge on any atom is 0.276 e. The SMILES string of the molecule is C[C@@H]1CN(C(=O)c2ccc(NC(=O)c3cc4c(nn3)N[C@H](c3c(Cl)ccc(F)c3Cl)O4)cc2)C[C@H](C)N1C(=O)CCCCCCNc1cccc2c1C(=O)N(C1CCC(=O)NC1=O)C2=O. The van der Waals surface area contributed by atoms with E-state index in [1.54, 1.807) is 47.4 Å². The maximum atomic E-state index is 14.1. The number of imide groups is 2. The molecule has 5 heterocycles. The van der Waals surface area contributed by atoms with E-state index in [4.69, 9.17) is 27.9 Å². The zero-order valence-corrected chi connectivity index (χ0v) is 36.8. The average molecular weight is 929 g/mol. The lowest BCUT2D eigenvalue weighted by Gasteiger charge is -2.44. The van der Waals surface area contributed by atoms with Crippen molar-refractivity contribution in [1.82, 2.24) is 30.2 Å². The number of piperazine rings is 1. The summed E-state index contributed by atoms with van der Waals surface area (Å²) in [4.78, 5) is 95.1. The fraction of sp³-hybridized carbons (Fsp3) is 0.356. The summed E-state index contributed by atoms with van der Waals surface area (Å²) in [5, 5.41) is 19.1. The Kier molecular flexibility index (Phi) is 13.0. The van der Waals surface area contributed by atoms with E-state index in [0.717, 1.165) is 30.2 Å². The van der Waals surface area contributed by atoms with Crippen LogP contribution in [-0.4, -0.2) is 104 Å². The van der Waals surface area contributed by atoms with Gasteiger partial charge in [0.1, 0.15) is 11.9 Å². The number of aromatic nitrogens is 2. The minimum Gasteiger partial charge on any atom is -0.462 e. The van der Waals surface area contributed by atoms with Crippen molar-refractivity contribution in [2.24, 2.45) is 0 Å². The standard InChI is InChI=1S/C45H44Cl2FN9O8/c1-23-21-55(43(62)25-11-13-26(14-12-25)50-40(60)31-20-33-39(54-53-31)52-42(65-33)37-28(46)15-16-29(48)38(37)47)22-24(2)56(23)35(59)10-5-3-4-6-19-49-30-9-7-8-27-36(30)45(64)57(44(27)63)32-17-18-34(58)51-41(32)61/h7-9,11-16,20,23-24,32,42,49H,3-6,10,17-19,21-22H2,1-2H3,(H,50,60)(H,52,54)(H,51,58,61)/t23-,24+,32?,42-/m0/s1. The molecule has 338 valence electrons. The molecule has 0 bridgehead atoms. The second-order valence-corrected chi connectivity index (χ2v) is 17.1. The van der Waals surface area contributed by atoms with Crippen LogP contribution in [-0.2, 0) is 14.4 Å². The number of benzene rings is 3. The number of nitrogens with zero attached hydrogens (tertiary/aromatic N) is 5. The first-order valence-corrected chi connectivity index (χ1v) is 22.0. The van der Waals surface area contributed by atoms with Crippen LogP contribution in [0.3, 0.4) is 0 Å². The smallest absolute Gasteiger partial charge is 0.276 e. The van der Waals surface area contributed by atoms with Gasteiger partial charge in [-0.2, -0.15) is 0 Å². The number of unbranched alkanes of at least 4 members (excludes halogenated alkanes) is 3. The molecule has 0 radical (unpaired) electrons. The molecule has 4 aromatic rings. The summed E-state index contributed by atoms with van der Waals surface area (Å²) in [6.45, 7) is 5.09. The molecule has 0 aliphatic carbocycles. The summed E-state index contributed by atoms with van der Waals surface area (Å²) < 4.78 is 20.0. The molecule has 2 saturated heterocycles. The van der Waals surface area contributed by atoms with Crippen LogP contribution in [0.2, 0.25) is 10.0 Å². The zero-order valence-electron chi connectivity index (χ0n) is 35.3. The molecule has 17 nitrogen and oxygen atoms in total. The fourth-order valence-corrected chi connectivity index (χ4v) is 9.26. The number of piperidine rings is 1. The number of hydrogen-bond acceptors (Lipinski definition) is 12. The first-order chi connectivity index (χ1) is 31.2. The number of carbonyl (C=O) groups excluding carboxylic acids is 7. The predicted octanol–water partition coefficient (Wildman–Crippen LogP) is 6.20. The van der Waals surface area contributed by atoms with E-state index in [1.807, 2.05) is 18.7 Å². The van der Waals surface area contributed by atoms with Crippen molar-refractivity contribution < 1.29 is 42.7 Å². The number of fused-ring (bicyclic) bond motifs is 2. The molecule has 1 aromatic heterocycles. The van der Waals surface area contributed by atoms with Gasteiger partial charge in [-0.05, 0) is 81.6 Å². The molecule has 4 N–H and O–H groups in total. The number of nitrogens with one attached hydrogen (secondary N) is 4. The Bertz CT molecular complexity index is 2600. The molecule has 65 heavy (non-hydrogen) atoms. The van der Waals surface area contributed by atoms with E-state index < -0.39 is 47.6 Å². The van der Waals surface area contributed by atoms with Gasteiger partial charge in [0.05, 0.1) is 26.7 Å². The summed E-state index contributed by atoms with van der Waals surface area (Å²) in [6.07, 6.45) is 2.60. The van der Waals surface area contributed by atoms with E-state index in [2.05, 4.69) is 31.5 Å². The van der Waals surface area contributed by atoms with Crippen LogP contribution in [0.15, 0.2) is 60.7 Å². The topological polar surface area (TPSA) is 212 Å². The summed E-state index contributed by atoms with van der Waals surface area (Å²) >= 11 is 12.4. The van der Waals surface area contributed by atoms with Gasteiger partial charge in [0.25, 0.3) is 23.6 Å². The van der Waals surface area contributed by atoms with Crippen molar-refractivity contribution in [2.45, 2.75) is 83.1 Å². The van der Waals surface area contributed by atoms with E-state index in [1.165, 1.54) is 12.1 Å². The monoisotopic (exact) mass is 927 g/mol. The number of carbonyl (C=O) groups is 7. The lowest BCUT2D eigenvalue weighted by Crippen LogP contribution is -2.59. The summed E-state index contributed by atoms with van der Waals surface area (Å²) in [5.74, 6) is -3.23. The molecule has 7 amide bonds. The highest BCUT2D eigenvalue weighted by Crippen LogP contribution is 2.42. The minimum absolute atomic E-state index is 0.0231. The van der Waals surface area contributed by atoms with Gasteiger partial charge in [-0.25, -0.2) is 4.39 Å². The molecule has 1 unspecified atom stereocenters. The van der Waals surface area contributed by atoms with Crippen LogP contribution in [0.5, 0.6) is 5.75 Å². The number of rotatable bonds is 13. The van der Waals surface area contributed by atoms with Crippen molar-refractivity contribution in [1.29, 1.82) is 0 Å². The molecular formula is C45H44Cl2FN9O8. The van der Waals surface area contributed by atoms with Crippen LogP contribution in [0, 0.1) is 5.82 Å². The highest BCUT2D eigenvalue weighted by molar-refractivity contribution is 6.36. The molecule has 4 aliphatic rings. The number of hydrogen-bond donors (Lipinski definition) is 4. The van der Waals surface area contributed by atoms with Gasteiger partial charge in [0, 0.05) is 67.6 Å². The summed E-state index contributed by atoms with van der Waals surface area (Å²) in [5.41, 5.74) is 1.88. The third-order valence-corrected chi connectivity index (χ3v) is 12.5. The highest BCUT2D eigenvalue weighted by Gasteiger charge is 2.45. The Morgan fingerprint density at radius 2 is 1.65 bits per heavy atom. The van der Waals surface area contributed by atoms with Gasteiger partial charge < -0.3 is 30.5 Å². The molecule has 4 atom stereocenters. The van der Waals surface area contributed by atoms with Crippen molar-refractivity contribution >= 4 is 81.7 Å². The highest BCUT2D eigenvalue weighted by atomic mass is 35.5. The minimum atomic E-state index is -1.03. The van der Waals surface area contributed by atoms with Crippen LogP contribution in [0.4, 0.5) is 21.6 Å². The van der Waals surface area contributed by atoms with Crippen molar-refractivity contribution in [2.75, 3.05) is 35.6 Å². The van der Waals surface area contributed by atoms with Gasteiger partial charge in [-0.15, -0.1) is 10.2 Å². The van der Waals surface area contributed by atoms with Crippen molar-refractivity contribution in [3.63, 3.8) is 0 Å². The summed E-state index contributed by atoms with van der Waals surface area (Å²) in [6, 6.07) is 13.8. The van der Waals surface area contributed by atoms with E-state index in [0.29, 0.717) is 49.4 Å². The molecule has 20 heteroatoms. The number of amides is 7. The number of ether oxygens (including phenoxy) is 1. The van der Waals surface area contributed by atoms with Crippen LogP contribution >= 0.6 is 23.2 Å². The van der Waals surface area contributed by atoms with Crippen LogP contribution < -0.4 is 26.0 Å².